The molecule has 134 valence electrons. The normalized spacial score (nSPS) is 17.2. The van der Waals surface area contributed by atoms with Gasteiger partial charge in [-0.05, 0) is 93.5 Å². The summed E-state index contributed by atoms with van der Waals surface area (Å²) >= 11 is 6.70. The minimum absolute atomic E-state index is 0.159. The Bertz CT molecular complexity index is 913. The van der Waals surface area contributed by atoms with Crippen molar-refractivity contribution in [2.45, 2.75) is 20.4 Å². The van der Waals surface area contributed by atoms with Crippen molar-refractivity contribution in [1.82, 2.24) is 5.32 Å². The van der Waals surface area contributed by atoms with E-state index in [4.69, 9.17) is 0 Å². The summed E-state index contributed by atoms with van der Waals surface area (Å²) in [7, 11) is 0. The van der Waals surface area contributed by atoms with Crippen LogP contribution >= 0.6 is 50.3 Å². The van der Waals surface area contributed by atoms with E-state index in [2.05, 4.69) is 80.9 Å². The van der Waals surface area contributed by atoms with Crippen LogP contribution in [-0.4, -0.2) is 16.2 Å². The Kier molecular flexibility index (Phi) is 6.09. The molecule has 2 aromatic rings. The van der Waals surface area contributed by atoms with Crippen LogP contribution in [0.15, 0.2) is 44.7 Å². The number of phenols is 1. The van der Waals surface area contributed by atoms with Gasteiger partial charge < -0.3 is 10.4 Å². The number of aromatic hydroxyl groups is 1. The van der Waals surface area contributed by atoms with Crippen LogP contribution in [0.5, 0.6) is 5.75 Å². The van der Waals surface area contributed by atoms with Gasteiger partial charge in [-0.25, -0.2) is 0 Å². The van der Waals surface area contributed by atoms with Crippen molar-refractivity contribution in [2.24, 2.45) is 4.99 Å². The highest BCUT2D eigenvalue weighted by molar-refractivity contribution is 14.1. The summed E-state index contributed by atoms with van der Waals surface area (Å²) < 4.78 is 1.32. The number of amidine groups is 1. The van der Waals surface area contributed by atoms with Crippen molar-refractivity contribution in [1.29, 1.82) is 0 Å². The number of nitrogens with zero attached hydrogens (tertiary/aromatic N) is 1. The Hall–Kier alpha value is -1.32. The number of phenolic OH excluding ortho intramolecular Hbond substituents is 1. The maximum Gasteiger partial charge on any atom is 0.264 e. The molecule has 1 aliphatic heterocycles. The van der Waals surface area contributed by atoms with Gasteiger partial charge in [-0.2, -0.15) is 0 Å². The van der Waals surface area contributed by atoms with Crippen molar-refractivity contribution in [3.63, 3.8) is 0 Å². The lowest BCUT2D eigenvalue weighted by molar-refractivity contribution is -0.115. The average Bonchev–Trinajstić information content (AvgIpc) is 2.89. The summed E-state index contributed by atoms with van der Waals surface area (Å²) in [5, 5.41) is 13.2. The highest BCUT2D eigenvalue weighted by atomic mass is 127. The fraction of sp³-hybridized carbons (Fsp3) is 0.158. The molecule has 2 aromatic carbocycles. The molecular formula is C19H16BrIN2O2S. The smallest absolute Gasteiger partial charge is 0.264 e. The maximum absolute atomic E-state index is 12.2. The molecule has 0 unspecified atom stereocenters. The second-order valence-corrected chi connectivity index (χ2v) is 9.06. The summed E-state index contributed by atoms with van der Waals surface area (Å²) in [6, 6.07) is 9.94. The summed E-state index contributed by atoms with van der Waals surface area (Å²) in [4.78, 5) is 17.3. The van der Waals surface area contributed by atoms with Crippen LogP contribution in [0.3, 0.4) is 0 Å². The van der Waals surface area contributed by atoms with E-state index in [1.54, 1.807) is 12.1 Å². The van der Waals surface area contributed by atoms with Crippen LogP contribution in [0.1, 0.15) is 22.3 Å². The average molecular weight is 543 g/mol. The molecule has 0 spiro atoms. The number of thioether (sulfide) groups is 1. The first-order valence-electron chi connectivity index (χ1n) is 7.82. The lowest BCUT2D eigenvalue weighted by Crippen LogP contribution is -2.19. The minimum Gasteiger partial charge on any atom is -0.506 e. The zero-order valence-corrected chi connectivity index (χ0v) is 18.7. The SMILES string of the molecule is Cc1cc(C)cc(CN=C2NC(=O)/C(=C/c3cc(Br)c(O)c(I)c3)S2)c1. The van der Waals surface area contributed by atoms with Gasteiger partial charge in [0.25, 0.3) is 5.91 Å². The van der Waals surface area contributed by atoms with Gasteiger partial charge >= 0.3 is 0 Å². The van der Waals surface area contributed by atoms with Crippen molar-refractivity contribution in [3.05, 3.63) is 65.5 Å². The van der Waals surface area contributed by atoms with Gasteiger partial charge in [0.1, 0.15) is 5.75 Å². The molecule has 3 rings (SSSR count). The number of nitrogens with one attached hydrogen (secondary N) is 1. The first-order valence-corrected chi connectivity index (χ1v) is 10.5. The molecule has 1 saturated heterocycles. The van der Waals surface area contributed by atoms with E-state index >= 15 is 0 Å². The second kappa shape index (κ2) is 8.14. The monoisotopic (exact) mass is 542 g/mol. The van der Waals surface area contributed by atoms with E-state index in [1.807, 2.05) is 6.07 Å². The van der Waals surface area contributed by atoms with E-state index in [1.165, 1.54) is 22.9 Å². The Balaban J connectivity index is 1.78. The van der Waals surface area contributed by atoms with E-state index < -0.39 is 0 Å². The zero-order chi connectivity index (χ0) is 18.8. The molecule has 4 nitrogen and oxygen atoms in total. The van der Waals surface area contributed by atoms with Gasteiger partial charge in [0, 0.05) is 0 Å². The van der Waals surface area contributed by atoms with E-state index in [9.17, 15) is 9.90 Å². The van der Waals surface area contributed by atoms with E-state index in [-0.39, 0.29) is 11.7 Å². The van der Waals surface area contributed by atoms with E-state index in [0.717, 1.165) is 14.7 Å². The number of rotatable bonds is 3. The molecule has 0 aromatic heterocycles. The third-order valence-corrected chi connectivity index (χ3v) is 6.05. The number of carbonyl (C=O) groups is 1. The Morgan fingerprint density at radius 3 is 2.58 bits per heavy atom. The lowest BCUT2D eigenvalue weighted by Gasteiger charge is -2.03. The molecule has 1 heterocycles. The van der Waals surface area contributed by atoms with Crippen LogP contribution < -0.4 is 5.32 Å². The zero-order valence-electron chi connectivity index (χ0n) is 14.1. The maximum atomic E-state index is 12.2. The fourth-order valence-electron chi connectivity index (χ4n) is 2.64. The highest BCUT2D eigenvalue weighted by Gasteiger charge is 2.23. The first-order chi connectivity index (χ1) is 12.3. The molecule has 7 heteroatoms. The number of benzene rings is 2. The summed E-state index contributed by atoms with van der Waals surface area (Å²) in [5.41, 5.74) is 4.37. The minimum atomic E-state index is -0.159. The standard InChI is InChI=1S/C19H16BrIN2O2S/c1-10-3-11(2)5-13(4-10)9-22-19-23-18(25)16(26-19)8-12-6-14(20)17(24)15(21)7-12/h3-8,24H,9H2,1-2H3,(H,22,23,25)/b16-8-. The van der Waals surface area contributed by atoms with Crippen LogP contribution in [0.2, 0.25) is 0 Å². The number of aryl methyl sites for hydroxylation is 2. The molecule has 1 fully saturated rings. The summed E-state index contributed by atoms with van der Waals surface area (Å²) in [6.07, 6.45) is 1.80. The number of aliphatic imine (C=N–C) groups is 1. The van der Waals surface area contributed by atoms with Gasteiger partial charge in [0.05, 0.1) is 19.5 Å². The summed E-state index contributed by atoms with van der Waals surface area (Å²) in [6.45, 7) is 4.66. The predicted octanol–water partition coefficient (Wildman–Crippen LogP) is 5.14. The van der Waals surface area contributed by atoms with Crippen molar-refractivity contribution >= 4 is 67.4 Å². The molecule has 1 amide bonds. The topological polar surface area (TPSA) is 61.7 Å². The van der Waals surface area contributed by atoms with Crippen molar-refractivity contribution < 1.29 is 9.90 Å². The number of hydrogen-bond acceptors (Lipinski definition) is 4. The lowest BCUT2D eigenvalue weighted by atomic mass is 10.1. The van der Waals surface area contributed by atoms with E-state index in [0.29, 0.717) is 21.1 Å². The number of amides is 1. The molecule has 0 bridgehead atoms. The fourth-order valence-corrected chi connectivity index (χ4v) is 4.96. The molecule has 0 aliphatic carbocycles. The molecule has 26 heavy (non-hydrogen) atoms. The van der Waals surface area contributed by atoms with Gasteiger partial charge in [-0.3, -0.25) is 9.79 Å². The van der Waals surface area contributed by atoms with Crippen LogP contribution in [0.4, 0.5) is 0 Å². The second-order valence-electron chi connectivity index (χ2n) is 6.02. The van der Waals surface area contributed by atoms with Crippen LogP contribution in [-0.2, 0) is 11.3 Å². The first kappa shape index (κ1) is 19.4. The van der Waals surface area contributed by atoms with Gasteiger partial charge in [0.2, 0.25) is 0 Å². The predicted molar refractivity (Wildman–Crippen MR) is 119 cm³/mol. The Morgan fingerprint density at radius 2 is 1.92 bits per heavy atom. The van der Waals surface area contributed by atoms with Crippen LogP contribution in [0.25, 0.3) is 6.08 Å². The molecule has 0 atom stereocenters. The van der Waals surface area contributed by atoms with Crippen LogP contribution in [0, 0.1) is 17.4 Å². The number of halogens is 2. The number of hydrogen-bond donors (Lipinski definition) is 2. The molecular weight excluding hydrogens is 527 g/mol. The Morgan fingerprint density at radius 1 is 1.23 bits per heavy atom. The molecule has 1 aliphatic rings. The Labute approximate surface area is 178 Å². The summed E-state index contributed by atoms with van der Waals surface area (Å²) in [5.74, 6) is 0.0420. The van der Waals surface area contributed by atoms with Gasteiger partial charge in [0.15, 0.2) is 5.17 Å². The largest absolute Gasteiger partial charge is 0.506 e. The quantitative estimate of drug-likeness (QED) is 0.417. The third kappa shape index (κ3) is 4.69. The molecule has 0 radical (unpaired) electrons. The highest BCUT2D eigenvalue weighted by Crippen LogP contribution is 2.33. The van der Waals surface area contributed by atoms with Crippen molar-refractivity contribution in [2.75, 3.05) is 0 Å². The molecule has 0 saturated carbocycles. The van der Waals surface area contributed by atoms with Gasteiger partial charge in [-0.1, -0.05) is 29.3 Å². The molecule has 2 N–H and O–H groups in total. The third-order valence-electron chi connectivity index (χ3n) is 3.67. The number of carbonyl (C=O) groups excluding carboxylic acids is 1. The van der Waals surface area contributed by atoms with Crippen molar-refractivity contribution in [3.8, 4) is 5.75 Å². The van der Waals surface area contributed by atoms with Gasteiger partial charge in [-0.15, -0.1) is 0 Å².